The first-order valence-electron chi connectivity index (χ1n) is 4.90. The van der Waals surface area contributed by atoms with E-state index in [9.17, 15) is 4.79 Å². The minimum absolute atomic E-state index is 0.343. The number of carbonyl (C=O) groups excluding carboxylic acids is 1. The molecule has 0 unspecified atom stereocenters. The van der Waals surface area contributed by atoms with E-state index in [4.69, 9.17) is 4.74 Å². The zero-order valence-electron chi connectivity index (χ0n) is 9.14. The van der Waals surface area contributed by atoms with Gasteiger partial charge in [-0.05, 0) is 12.1 Å². The van der Waals surface area contributed by atoms with E-state index in [-0.39, 0.29) is 6.03 Å². The molecule has 17 heavy (non-hydrogen) atoms. The van der Waals surface area contributed by atoms with Crippen LogP contribution in [0.3, 0.4) is 0 Å². The van der Waals surface area contributed by atoms with Crippen LogP contribution in [0.4, 0.5) is 15.6 Å². The molecule has 2 N–H and O–H groups in total. The Morgan fingerprint density at radius 2 is 2.18 bits per heavy atom. The predicted octanol–water partition coefficient (Wildman–Crippen LogP) is 2.80. The summed E-state index contributed by atoms with van der Waals surface area (Å²) in [6.07, 6.45) is 1.63. The van der Waals surface area contributed by atoms with Crippen LogP contribution in [-0.2, 0) is 0 Å². The number of carbonyl (C=O) groups is 1. The number of ether oxygens (including phenoxy) is 1. The lowest BCUT2D eigenvalue weighted by atomic mass is 10.3. The van der Waals surface area contributed by atoms with E-state index in [0.29, 0.717) is 16.6 Å². The molecule has 5 nitrogen and oxygen atoms in total. The number of aromatic nitrogens is 1. The van der Waals surface area contributed by atoms with E-state index in [1.807, 2.05) is 12.1 Å². The maximum Gasteiger partial charge on any atom is 0.325 e. The van der Waals surface area contributed by atoms with Gasteiger partial charge in [0.05, 0.1) is 12.8 Å². The first-order chi connectivity index (χ1) is 8.29. The van der Waals surface area contributed by atoms with Crippen LogP contribution in [0, 0.1) is 0 Å². The summed E-state index contributed by atoms with van der Waals surface area (Å²) in [5.74, 6) is 0.613. The van der Waals surface area contributed by atoms with Gasteiger partial charge in [-0.1, -0.05) is 12.1 Å². The molecule has 0 saturated heterocycles. The Balaban J connectivity index is 2.03. The minimum Gasteiger partial charge on any atom is -0.495 e. The summed E-state index contributed by atoms with van der Waals surface area (Å²) in [5.41, 5.74) is 0.615. The van der Waals surface area contributed by atoms with Crippen molar-refractivity contribution in [3.05, 3.63) is 35.8 Å². The van der Waals surface area contributed by atoms with E-state index in [2.05, 4.69) is 15.6 Å². The SMILES string of the molecule is COc1ccccc1NC(=O)Nc1nccs1. The quantitative estimate of drug-likeness (QED) is 0.879. The van der Waals surface area contributed by atoms with Crippen molar-refractivity contribution in [2.45, 2.75) is 0 Å². The second-order valence-corrected chi connectivity index (χ2v) is 4.01. The van der Waals surface area contributed by atoms with Crippen LogP contribution in [0.25, 0.3) is 0 Å². The number of hydrogen-bond acceptors (Lipinski definition) is 4. The zero-order valence-corrected chi connectivity index (χ0v) is 9.95. The van der Waals surface area contributed by atoms with Crippen molar-refractivity contribution in [3.63, 3.8) is 0 Å². The highest BCUT2D eigenvalue weighted by molar-refractivity contribution is 7.13. The van der Waals surface area contributed by atoms with Gasteiger partial charge in [-0.25, -0.2) is 9.78 Å². The average Bonchev–Trinajstić information content (AvgIpc) is 2.82. The molecule has 0 atom stereocenters. The van der Waals surface area contributed by atoms with Gasteiger partial charge in [0.2, 0.25) is 0 Å². The van der Waals surface area contributed by atoms with Crippen molar-refractivity contribution in [1.82, 2.24) is 4.98 Å². The third kappa shape index (κ3) is 2.94. The number of nitrogens with zero attached hydrogens (tertiary/aromatic N) is 1. The van der Waals surface area contributed by atoms with Crippen molar-refractivity contribution in [2.75, 3.05) is 17.7 Å². The lowest BCUT2D eigenvalue weighted by Gasteiger charge is -2.09. The molecule has 1 aromatic carbocycles. The van der Waals surface area contributed by atoms with Gasteiger partial charge in [0.1, 0.15) is 5.75 Å². The molecule has 6 heteroatoms. The molecule has 0 bridgehead atoms. The van der Waals surface area contributed by atoms with Gasteiger partial charge in [0, 0.05) is 11.6 Å². The van der Waals surface area contributed by atoms with E-state index in [1.54, 1.807) is 30.8 Å². The first-order valence-corrected chi connectivity index (χ1v) is 5.78. The number of para-hydroxylation sites is 2. The monoisotopic (exact) mass is 249 g/mol. The molecular formula is C11H11N3O2S. The van der Waals surface area contributed by atoms with Crippen molar-refractivity contribution in [2.24, 2.45) is 0 Å². The van der Waals surface area contributed by atoms with Crippen LogP contribution in [0.15, 0.2) is 35.8 Å². The smallest absolute Gasteiger partial charge is 0.325 e. The Labute approximate surface area is 102 Å². The second-order valence-electron chi connectivity index (χ2n) is 3.12. The number of nitrogens with one attached hydrogen (secondary N) is 2. The van der Waals surface area contributed by atoms with E-state index >= 15 is 0 Å². The summed E-state index contributed by atoms with van der Waals surface area (Å²) in [4.78, 5) is 15.6. The molecule has 0 fully saturated rings. The predicted molar refractivity (Wildman–Crippen MR) is 67.7 cm³/mol. The number of hydrogen-bond donors (Lipinski definition) is 2. The Bertz CT molecular complexity index is 499. The Hall–Kier alpha value is -2.08. The molecule has 0 aliphatic carbocycles. The first kappa shape index (κ1) is 11.4. The molecular weight excluding hydrogens is 238 g/mol. The third-order valence-corrected chi connectivity index (χ3v) is 2.70. The molecule has 0 radical (unpaired) electrons. The van der Waals surface area contributed by atoms with Crippen molar-refractivity contribution >= 4 is 28.2 Å². The maximum atomic E-state index is 11.6. The van der Waals surface area contributed by atoms with Crippen LogP contribution in [0.1, 0.15) is 0 Å². The summed E-state index contributed by atoms with van der Waals surface area (Å²) < 4.78 is 5.13. The number of methoxy groups -OCH3 is 1. The number of rotatable bonds is 3. The Morgan fingerprint density at radius 1 is 1.35 bits per heavy atom. The lowest BCUT2D eigenvalue weighted by molar-refractivity contribution is 0.262. The summed E-state index contributed by atoms with van der Waals surface area (Å²) in [6.45, 7) is 0. The lowest BCUT2D eigenvalue weighted by Crippen LogP contribution is -2.19. The molecule has 1 heterocycles. The van der Waals surface area contributed by atoms with Gasteiger partial charge in [-0.2, -0.15) is 0 Å². The molecule has 0 saturated carbocycles. The number of urea groups is 1. The van der Waals surface area contributed by atoms with Gasteiger partial charge >= 0.3 is 6.03 Å². The van der Waals surface area contributed by atoms with Crippen LogP contribution in [0.2, 0.25) is 0 Å². The molecule has 2 amide bonds. The maximum absolute atomic E-state index is 11.6. The highest BCUT2D eigenvalue weighted by Gasteiger charge is 2.07. The Morgan fingerprint density at radius 3 is 2.88 bits per heavy atom. The van der Waals surface area contributed by atoms with Crippen LogP contribution >= 0.6 is 11.3 Å². The molecule has 1 aromatic heterocycles. The molecule has 0 aliphatic rings. The van der Waals surface area contributed by atoms with Gasteiger partial charge in [-0.3, -0.25) is 5.32 Å². The molecule has 0 spiro atoms. The molecule has 88 valence electrons. The number of anilines is 2. The normalized spacial score (nSPS) is 9.71. The van der Waals surface area contributed by atoms with Gasteiger partial charge in [0.25, 0.3) is 0 Å². The molecule has 0 aliphatic heterocycles. The minimum atomic E-state index is -0.343. The number of benzene rings is 1. The highest BCUT2D eigenvalue weighted by atomic mass is 32.1. The fourth-order valence-corrected chi connectivity index (χ4v) is 1.81. The average molecular weight is 249 g/mol. The largest absolute Gasteiger partial charge is 0.495 e. The highest BCUT2D eigenvalue weighted by Crippen LogP contribution is 2.23. The van der Waals surface area contributed by atoms with E-state index in [1.165, 1.54) is 11.3 Å². The third-order valence-electron chi connectivity index (χ3n) is 2.01. The summed E-state index contributed by atoms with van der Waals surface area (Å²) in [7, 11) is 1.55. The Kier molecular flexibility index (Phi) is 3.56. The van der Waals surface area contributed by atoms with Gasteiger partial charge in [0.15, 0.2) is 5.13 Å². The summed E-state index contributed by atoms with van der Waals surface area (Å²) in [5, 5.41) is 7.66. The molecule has 2 aromatic rings. The summed E-state index contributed by atoms with van der Waals surface area (Å²) >= 11 is 1.36. The fourth-order valence-electron chi connectivity index (χ4n) is 1.28. The topological polar surface area (TPSA) is 63.2 Å². The number of thiazole rings is 1. The van der Waals surface area contributed by atoms with Crippen molar-refractivity contribution < 1.29 is 9.53 Å². The van der Waals surface area contributed by atoms with Gasteiger partial charge in [-0.15, -0.1) is 11.3 Å². The van der Waals surface area contributed by atoms with Crippen LogP contribution in [-0.4, -0.2) is 18.1 Å². The van der Waals surface area contributed by atoms with Gasteiger partial charge < -0.3 is 10.1 Å². The van der Waals surface area contributed by atoms with Crippen LogP contribution < -0.4 is 15.4 Å². The standard InChI is InChI=1S/C11H11N3O2S/c1-16-9-5-3-2-4-8(9)13-10(15)14-11-12-6-7-17-11/h2-7H,1H3,(H2,12,13,14,15). The van der Waals surface area contributed by atoms with Crippen molar-refractivity contribution in [1.29, 1.82) is 0 Å². The summed E-state index contributed by atoms with van der Waals surface area (Å²) in [6, 6.07) is 6.85. The van der Waals surface area contributed by atoms with Crippen molar-refractivity contribution in [3.8, 4) is 5.75 Å². The van der Waals surface area contributed by atoms with Crippen LogP contribution in [0.5, 0.6) is 5.75 Å². The molecule has 2 rings (SSSR count). The van der Waals surface area contributed by atoms with E-state index in [0.717, 1.165) is 0 Å². The van der Waals surface area contributed by atoms with E-state index < -0.39 is 0 Å². The number of amides is 2. The fraction of sp³-hybridized carbons (Fsp3) is 0.0909. The second kappa shape index (κ2) is 5.31. The zero-order chi connectivity index (χ0) is 12.1.